The van der Waals surface area contributed by atoms with Crippen molar-refractivity contribution in [3.05, 3.63) is 115 Å². The summed E-state index contributed by atoms with van der Waals surface area (Å²) in [6.07, 6.45) is -0.237. The maximum Gasteiger partial charge on any atom is 0.349 e. The summed E-state index contributed by atoms with van der Waals surface area (Å²) in [5.74, 6) is 0.319. The Kier molecular flexibility index (Phi) is 8.56. The SMILES string of the molecule is CCOP(=O)(CNC(=O)C(c1ccc(-c2ccccc2)cc1)n1c(-c2ccccc2)nc2ccccc21)OCC. The maximum absolute atomic E-state index is 14.1. The maximum atomic E-state index is 14.1. The van der Waals surface area contributed by atoms with Crippen molar-refractivity contribution in [3.63, 3.8) is 0 Å². The topological polar surface area (TPSA) is 82.5 Å². The van der Waals surface area contributed by atoms with Gasteiger partial charge < -0.3 is 18.9 Å². The van der Waals surface area contributed by atoms with Gasteiger partial charge in [0.25, 0.3) is 0 Å². The molecule has 5 rings (SSSR count). The van der Waals surface area contributed by atoms with E-state index in [1.807, 2.05) is 102 Å². The van der Waals surface area contributed by atoms with Gasteiger partial charge in [0, 0.05) is 5.56 Å². The highest BCUT2D eigenvalue weighted by Gasteiger charge is 2.31. The van der Waals surface area contributed by atoms with Gasteiger partial charge >= 0.3 is 7.60 Å². The van der Waals surface area contributed by atoms with E-state index in [2.05, 4.69) is 17.4 Å². The molecule has 0 aliphatic rings. The van der Waals surface area contributed by atoms with Gasteiger partial charge in [-0.3, -0.25) is 9.36 Å². The normalized spacial score (nSPS) is 12.3. The molecule has 0 saturated carbocycles. The molecular formula is C32H32N3O4P. The zero-order chi connectivity index (χ0) is 28.0. The molecule has 0 saturated heterocycles. The Morgan fingerprint density at radius 3 is 1.95 bits per heavy atom. The summed E-state index contributed by atoms with van der Waals surface area (Å²) in [5.41, 5.74) is 5.36. The average Bonchev–Trinajstić information content (AvgIpc) is 3.37. The number of amides is 1. The summed E-state index contributed by atoms with van der Waals surface area (Å²) in [6, 6.07) is 34.8. The summed E-state index contributed by atoms with van der Waals surface area (Å²) < 4.78 is 26.0. The average molecular weight is 554 g/mol. The number of nitrogens with one attached hydrogen (secondary N) is 1. The quantitative estimate of drug-likeness (QED) is 0.174. The third kappa shape index (κ3) is 5.92. The number of nitrogens with zero attached hydrogens (tertiary/aromatic N) is 2. The second kappa shape index (κ2) is 12.4. The van der Waals surface area contributed by atoms with Gasteiger partial charge in [-0.05, 0) is 42.7 Å². The van der Waals surface area contributed by atoms with Gasteiger partial charge in [-0.2, -0.15) is 0 Å². The van der Waals surface area contributed by atoms with Gasteiger partial charge in [0.05, 0.1) is 24.2 Å². The van der Waals surface area contributed by atoms with Crippen LogP contribution in [-0.2, 0) is 18.4 Å². The molecule has 0 spiro atoms. The van der Waals surface area contributed by atoms with Crippen molar-refractivity contribution in [3.8, 4) is 22.5 Å². The van der Waals surface area contributed by atoms with Crippen molar-refractivity contribution >= 4 is 24.5 Å². The summed E-state index contributed by atoms with van der Waals surface area (Å²) in [4.78, 5) is 19.0. The zero-order valence-corrected chi connectivity index (χ0v) is 23.5. The van der Waals surface area contributed by atoms with Crippen LogP contribution in [0.3, 0.4) is 0 Å². The van der Waals surface area contributed by atoms with E-state index >= 15 is 0 Å². The van der Waals surface area contributed by atoms with Gasteiger partial charge in [-0.25, -0.2) is 4.98 Å². The minimum Gasteiger partial charge on any atom is -0.342 e. The number of carbonyl (C=O) groups is 1. The molecule has 204 valence electrons. The highest BCUT2D eigenvalue weighted by molar-refractivity contribution is 7.53. The van der Waals surface area contributed by atoms with Gasteiger partial charge in [0.2, 0.25) is 5.91 Å². The zero-order valence-electron chi connectivity index (χ0n) is 22.6. The Morgan fingerprint density at radius 2 is 1.32 bits per heavy atom. The fourth-order valence-corrected chi connectivity index (χ4v) is 6.19. The number of fused-ring (bicyclic) bond motifs is 1. The second-order valence-electron chi connectivity index (χ2n) is 9.20. The molecule has 1 unspecified atom stereocenters. The van der Waals surface area contributed by atoms with Crippen LogP contribution in [0, 0.1) is 0 Å². The molecule has 1 atom stereocenters. The van der Waals surface area contributed by atoms with Crippen molar-refractivity contribution < 1.29 is 18.4 Å². The van der Waals surface area contributed by atoms with Crippen LogP contribution >= 0.6 is 7.60 Å². The molecule has 4 aromatic carbocycles. The first-order valence-corrected chi connectivity index (χ1v) is 15.1. The number of rotatable bonds is 11. The number of para-hydroxylation sites is 2. The number of carbonyl (C=O) groups excluding carboxylic acids is 1. The Morgan fingerprint density at radius 1 is 0.775 bits per heavy atom. The Bertz CT molecular complexity index is 1610. The van der Waals surface area contributed by atoms with Gasteiger partial charge in [-0.15, -0.1) is 0 Å². The molecule has 5 aromatic rings. The summed E-state index contributed by atoms with van der Waals surface area (Å²) >= 11 is 0. The van der Waals surface area contributed by atoms with Crippen LogP contribution in [0.2, 0.25) is 0 Å². The van der Waals surface area contributed by atoms with E-state index in [1.54, 1.807) is 13.8 Å². The Balaban J connectivity index is 1.62. The predicted molar refractivity (Wildman–Crippen MR) is 159 cm³/mol. The first-order valence-electron chi connectivity index (χ1n) is 13.4. The molecule has 8 heteroatoms. The number of imidazole rings is 1. The molecule has 7 nitrogen and oxygen atoms in total. The lowest BCUT2D eigenvalue weighted by molar-refractivity contribution is -0.122. The number of benzene rings is 4. The summed E-state index contributed by atoms with van der Waals surface area (Å²) in [5, 5.41) is 2.87. The van der Waals surface area contributed by atoms with Crippen molar-refractivity contribution in [2.24, 2.45) is 0 Å². The molecule has 0 fully saturated rings. The number of hydrogen-bond acceptors (Lipinski definition) is 5. The van der Waals surface area contributed by atoms with E-state index < -0.39 is 13.6 Å². The third-order valence-corrected chi connectivity index (χ3v) is 8.42. The molecule has 0 aliphatic heterocycles. The first-order chi connectivity index (χ1) is 19.5. The van der Waals surface area contributed by atoms with Gasteiger partial charge in [0.1, 0.15) is 18.2 Å². The Labute approximate surface area is 234 Å². The van der Waals surface area contributed by atoms with E-state index in [0.29, 0.717) is 5.82 Å². The lowest BCUT2D eigenvalue weighted by atomic mass is 9.99. The van der Waals surface area contributed by atoms with Crippen LogP contribution < -0.4 is 5.32 Å². The highest BCUT2D eigenvalue weighted by Crippen LogP contribution is 2.47. The molecule has 0 radical (unpaired) electrons. The molecule has 1 heterocycles. The van der Waals surface area contributed by atoms with Crippen LogP contribution in [0.5, 0.6) is 0 Å². The lowest BCUT2D eigenvalue weighted by Gasteiger charge is -2.24. The number of aromatic nitrogens is 2. The smallest absolute Gasteiger partial charge is 0.342 e. The molecule has 0 aliphatic carbocycles. The standard InChI is InChI=1S/C32H32N3O4P/c1-3-38-40(37,39-4-2)23-33-32(36)30(26-21-19-25(20-22-26)24-13-7-5-8-14-24)35-29-18-12-11-17-28(29)34-31(35)27-15-9-6-10-16-27/h5-22,30H,3-4,23H2,1-2H3,(H,33,36). The van der Waals surface area contributed by atoms with Crippen molar-refractivity contribution in [1.82, 2.24) is 14.9 Å². The largest absolute Gasteiger partial charge is 0.349 e. The summed E-state index contributed by atoms with van der Waals surface area (Å²) in [6.45, 7) is 3.91. The van der Waals surface area contributed by atoms with E-state index in [-0.39, 0.29) is 25.4 Å². The minimum absolute atomic E-state index is 0.210. The Hall–Kier alpha value is -4.03. The fraction of sp³-hybridized carbons (Fsp3) is 0.188. The van der Waals surface area contributed by atoms with Crippen molar-refractivity contribution in [1.29, 1.82) is 0 Å². The van der Waals surface area contributed by atoms with Crippen LogP contribution in [0.1, 0.15) is 25.5 Å². The van der Waals surface area contributed by atoms with Crippen LogP contribution in [0.15, 0.2) is 109 Å². The highest BCUT2D eigenvalue weighted by atomic mass is 31.2. The predicted octanol–water partition coefficient (Wildman–Crippen LogP) is 7.30. The molecule has 1 N–H and O–H groups in total. The van der Waals surface area contributed by atoms with E-state index in [0.717, 1.165) is 33.3 Å². The van der Waals surface area contributed by atoms with Gasteiger partial charge in [0.15, 0.2) is 0 Å². The molecule has 0 bridgehead atoms. The van der Waals surface area contributed by atoms with E-state index in [1.165, 1.54) is 0 Å². The lowest BCUT2D eigenvalue weighted by Crippen LogP contribution is -2.34. The first kappa shape index (κ1) is 27.5. The van der Waals surface area contributed by atoms with Crippen molar-refractivity contribution in [2.75, 3.05) is 19.5 Å². The number of hydrogen-bond donors (Lipinski definition) is 1. The summed E-state index contributed by atoms with van der Waals surface area (Å²) in [7, 11) is -3.50. The molecule has 40 heavy (non-hydrogen) atoms. The fourth-order valence-electron chi connectivity index (χ4n) is 4.80. The van der Waals surface area contributed by atoms with Gasteiger partial charge in [-0.1, -0.05) is 97.1 Å². The molecule has 1 amide bonds. The monoisotopic (exact) mass is 553 g/mol. The molecule has 1 aromatic heterocycles. The van der Waals surface area contributed by atoms with Crippen LogP contribution in [0.4, 0.5) is 0 Å². The molecular weight excluding hydrogens is 521 g/mol. The van der Waals surface area contributed by atoms with E-state index in [4.69, 9.17) is 14.0 Å². The van der Waals surface area contributed by atoms with E-state index in [9.17, 15) is 9.36 Å². The second-order valence-corrected chi connectivity index (χ2v) is 11.3. The van der Waals surface area contributed by atoms with Crippen LogP contribution in [-0.4, -0.2) is 35.0 Å². The minimum atomic E-state index is -3.50. The van der Waals surface area contributed by atoms with Crippen LogP contribution in [0.25, 0.3) is 33.5 Å². The van der Waals surface area contributed by atoms with Crippen molar-refractivity contribution in [2.45, 2.75) is 19.9 Å². The third-order valence-electron chi connectivity index (χ3n) is 6.57.